The van der Waals surface area contributed by atoms with E-state index in [0.717, 1.165) is 17.1 Å². The number of ketones is 1. The van der Waals surface area contributed by atoms with E-state index in [1.54, 1.807) is 17.0 Å². The number of Topliss-reactive ketones (excluding diaryl/α,β-unsaturated/α-hetero) is 1. The lowest BCUT2D eigenvalue weighted by Crippen LogP contribution is -2.25. The third kappa shape index (κ3) is 3.65. The Bertz CT molecular complexity index is 661. The number of pyridine rings is 1. The zero-order valence-corrected chi connectivity index (χ0v) is 14.7. The molecule has 0 atom stereocenters. The third-order valence-corrected chi connectivity index (χ3v) is 5.28. The zero-order chi connectivity index (χ0) is 15.6. The van der Waals surface area contributed by atoms with Crippen LogP contribution < -0.4 is 4.84 Å². The molecule has 0 aliphatic rings. The number of carbonyl (C=O) groups is 1. The number of aryl methyl sites for hydroxylation is 1. The minimum atomic E-state index is -1.14. The van der Waals surface area contributed by atoms with Gasteiger partial charge in [0.25, 0.3) is 0 Å². The SMILES string of the molecule is Cc1cc2c(C(=O)CCl)ccnc2n1OCC[Si](C)(C)C. The van der Waals surface area contributed by atoms with Crippen LogP contribution in [-0.2, 0) is 0 Å². The maximum atomic E-state index is 11.9. The van der Waals surface area contributed by atoms with Crippen molar-refractivity contribution in [2.75, 3.05) is 12.5 Å². The highest BCUT2D eigenvalue weighted by molar-refractivity contribution is 6.76. The van der Waals surface area contributed by atoms with Crippen molar-refractivity contribution in [2.45, 2.75) is 32.6 Å². The normalized spacial score (nSPS) is 11.9. The molecule has 0 aromatic carbocycles. The third-order valence-electron chi connectivity index (χ3n) is 3.33. The van der Waals surface area contributed by atoms with Crippen molar-refractivity contribution in [1.82, 2.24) is 9.71 Å². The maximum absolute atomic E-state index is 11.9. The molecule has 0 saturated carbocycles. The van der Waals surface area contributed by atoms with Crippen LogP contribution in [0, 0.1) is 6.92 Å². The first-order valence-electron chi connectivity index (χ1n) is 7.03. The predicted octanol–water partition coefficient (Wildman–Crippen LogP) is 3.53. The molecule has 0 unspecified atom stereocenters. The Kier molecular flexibility index (Phi) is 4.73. The van der Waals surface area contributed by atoms with Crippen LogP contribution in [0.1, 0.15) is 16.1 Å². The summed E-state index contributed by atoms with van der Waals surface area (Å²) in [5.74, 6) is -0.122. The van der Waals surface area contributed by atoms with Gasteiger partial charge in [-0.2, -0.15) is 4.73 Å². The van der Waals surface area contributed by atoms with Crippen molar-refractivity contribution in [3.8, 4) is 0 Å². The summed E-state index contributed by atoms with van der Waals surface area (Å²) in [6, 6.07) is 4.71. The number of halogens is 1. The average Bonchev–Trinajstić information content (AvgIpc) is 2.73. The van der Waals surface area contributed by atoms with Gasteiger partial charge in [-0.05, 0) is 25.1 Å². The van der Waals surface area contributed by atoms with Gasteiger partial charge >= 0.3 is 0 Å². The van der Waals surface area contributed by atoms with Crippen LogP contribution in [0.5, 0.6) is 0 Å². The molecule has 0 amide bonds. The predicted molar refractivity (Wildman–Crippen MR) is 89.1 cm³/mol. The van der Waals surface area contributed by atoms with Crippen LogP contribution in [0.25, 0.3) is 11.0 Å². The first kappa shape index (κ1) is 16.0. The second-order valence-corrected chi connectivity index (χ2v) is 12.3. The van der Waals surface area contributed by atoms with E-state index in [1.807, 2.05) is 13.0 Å². The number of carbonyl (C=O) groups excluding carboxylic acids is 1. The number of alkyl halides is 1. The first-order valence-corrected chi connectivity index (χ1v) is 11.3. The highest BCUT2D eigenvalue weighted by atomic mass is 35.5. The number of hydrogen-bond acceptors (Lipinski definition) is 3. The number of fused-ring (bicyclic) bond motifs is 1. The smallest absolute Gasteiger partial charge is 0.178 e. The van der Waals surface area contributed by atoms with E-state index in [2.05, 4.69) is 24.6 Å². The Morgan fingerprint density at radius 3 is 2.76 bits per heavy atom. The van der Waals surface area contributed by atoms with Crippen LogP contribution in [0.4, 0.5) is 0 Å². The molecule has 0 N–H and O–H groups in total. The van der Waals surface area contributed by atoms with Crippen molar-refractivity contribution in [1.29, 1.82) is 0 Å². The summed E-state index contributed by atoms with van der Waals surface area (Å²) in [6.07, 6.45) is 1.62. The second kappa shape index (κ2) is 6.20. The van der Waals surface area contributed by atoms with Gasteiger partial charge in [0.05, 0.1) is 11.6 Å². The Hall–Kier alpha value is -1.33. The molecule has 2 rings (SSSR count). The molecule has 21 heavy (non-hydrogen) atoms. The molecule has 2 aromatic heterocycles. The fraction of sp³-hybridized carbons (Fsp3) is 0.467. The van der Waals surface area contributed by atoms with E-state index in [0.29, 0.717) is 17.8 Å². The van der Waals surface area contributed by atoms with E-state index < -0.39 is 8.07 Å². The van der Waals surface area contributed by atoms with E-state index in [9.17, 15) is 4.79 Å². The molecular formula is C15H21ClN2O2Si. The van der Waals surface area contributed by atoms with Gasteiger partial charge < -0.3 is 4.84 Å². The molecule has 6 heteroatoms. The fourth-order valence-electron chi connectivity index (χ4n) is 2.12. The van der Waals surface area contributed by atoms with Crippen LogP contribution in [0.15, 0.2) is 18.3 Å². The van der Waals surface area contributed by atoms with Gasteiger partial charge in [0.1, 0.15) is 6.61 Å². The summed E-state index contributed by atoms with van der Waals surface area (Å²) >= 11 is 5.66. The summed E-state index contributed by atoms with van der Waals surface area (Å²) < 4.78 is 1.72. The molecule has 4 nitrogen and oxygen atoms in total. The number of nitrogens with zero attached hydrogens (tertiary/aromatic N) is 2. The second-order valence-electron chi connectivity index (χ2n) is 6.38. The van der Waals surface area contributed by atoms with E-state index in [1.165, 1.54) is 0 Å². The molecule has 0 aliphatic carbocycles. The maximum Gasteiger partial charge on any atom is 0.178 e. The molecule has 0 fully saturated rings. The van der Waals surface area contributed by atoms with Gasteiger partial charge in [-0.25, -0.2) is 4.98 Å². The average molecular weight is 325 g/mol. The van der Waals surface area contributed by atoms with Crippen molar-refractivity contribution < 1.29 is 9.63 Å². The highest BCUT2D eigenvalue weighted by Gasteiger charge is 2.17. The summed E-state index contributed by atoms with van der Waals surface area (Å²) in [6.45, 7) is 9.55. The fourth-order valence-corrected chi connectivity index (χ4v) is 2.97. The molecule has 0 spiro atoms. The van der Waals surface area contributed by atoms with Gasteiger partial charge in [-0.1, -0.05) is 19.6 Å². The highest BCUT2D eigenvalue weighted by Crippen LogP contribution is 2.21. The molecule has 2 aromatic rings. The number of rotatable bonds is 6. The lowest BCUT2D eigenvalue weighted by molar-refractivity contribution is 0.102. The van der Waals surface area contributed by atoms with Gasteiger partial charge in [0.15, 0.2) is 11.4 Å². The van der Waals surface area contributed by atoms with Gasteiger partial charge in [-0.15, -0.1) is 11.6 Å². The summed E-state index contributed by atoms with van der Waals surface area (Å²) in [5, 5.41) is 0.800. The Morgan fingerprint density at radius 1 is 1.43 bits per heavy atom. The lowest BCUT2D eigenvalue weighted by Gasteiger charge is -2.17. The van der Waals surface area contributed by atoms with Crippen LogP contribution in [0.2, 0.25) is 25.7 Å². The van der Waals surface area contributed by atoms with Crippen molar-refractivity contribution in [3.63, 3.8) is 0 Å². The first-order chi connectivity index (χ1) is 9.83. The van der Waals surface area contributed by atoms with Crippen molar-refractivity contribution >= 4 is 36.5 Å². The van der Waals surface area contributed by atoms with E-state index >= 15 is 0 Å². The van der Waals surface area contributed by atoms with Crippen molar-refractivity contribution in [3.05, 3.63) is 29.6 Å². The Morgan fingerprint density at radius 2 is 2.14 bits per heavy atom. The van der Waals surface area contributed by atoms with Gasteiger partial charge in [0.2, 0.25) is 0 Å². The van der Waals surface area contributed by atoms with Crippen LogP contribution in [-0.4, -0.2) is 36.1 Å². The molecule has 2 heterocycles. The Balaban J connectivity index is 2.33. The molecule has 0 bridgehead atoms. The largest absolute Gasteiger partial charge is 0.412 e. The lowest BCUT2D eigenvalue weighted by atomic mass is 10.1. The van der Waals surface area contributed by atoms with Crippen LogP contribution >= 0.6 is 11.6 Å². The van der Waals surface area contributed by atoms with Gasteiger partial charge in [0, 0.05) is 25.2 Å². The molecule has 114 valence electrons. The zero-order valence-electron chi connectivity index (χ0n) is 12.9. The summed E-state index contributed by atoms with van der Waals surface area (Å²) in [5.41, 5.74) is 2.22. The topological polar surface area (TPSA) is 44.1 Å². The molecule has 0 aliphatic heterocycles. The summed E-state index contributed by atoms with van der Waals surface area (Å²) in [4.78, 5) is 22.1. The molecule has 0 saturated heterocycles. The quantitative estimate of drug-likeness (QED) is 0.464. The van der Waals surface area contributed by atoms with Gasteiger partial charge in [-0.3, -0.25) is 4.79 Å². The number of aromatic nitrogens is 2. The van der Waals surface area contributed by atoms with E-state index in [4.69, 9.17) is 16.4 Å². The van der Waals surface area contributed by atoms with Crippen LogP contribution in [0.3, 0.4) is 0 Å². The molecule has 0 radical (unpaired) electrons. The minimum absolute atomic E-state index is 0.0280. The number of hydrogen-bond donors (Lipinski definition) is 0. The standard InChI is InChI=1S/C15H21ClN2O2Si/c1-11-9-13-12(14(19)10-16)5-6-17-15(13)18(11)20-7-8-21(2,3)4/h5-6,9H,7-8,10H2,1-4H3. The monoisotopic (exact) mass is 324 g/mol. The van der Waals surface area contributed by atoms with E-state index in [-0.39, 0.29) is 11.7 Å². The molecular weight excluding hydrogens is 304 g/mol. The van der Waals surface area contributed by atoms with Crippen molar-refractivity contribution in [2.24, 2.45) is 0 Å². The Labute approximate surface area is 131 Å². The summed E-state index contributed by atoms with van der Waals surface area (Å²) in [7, 11) is -1.14. The minimum Gasteiger partial charge on any atom is -0.412 e.